The average molecular weight is 221 g/mol. The summed E-state index contributed by atoms with van der Waals surface area (Å²) in [6.45, 7) is 7.17. The molecule has 1 N–H and O–H groups in total. The molecule has 0 saturated heterocycles. The summed E-state index contributed by atoms with van der Waals surface area (Å²) in [5.41, 5.74) is 2.53. The number of ether oxygens (including phenoxy) is 1. The highest BCUT2D eigenvalue weighted by Gasteiger charge is 2.07. The van der Waals surface area contributed by atoms with Gasteiger partial charge in [0.2, 0.25) is 0 Å². The minimum atomic E-state index is 0.449. The topological polar surface area (TPSA) is 21.3 Å². The van der Waals surface area contributed by atoms with Gasteiger partial charge in [0.15, 0.2) is 0 Å². The van der Waals surface area contributed by atoms with Gasteiger partial charge in [-0.25, -0.2) is 0 Å². The van der Waals surface area contributed by atoms with E-state index in [9.17, 15) is 0 Å². The molecule has 0 aliphatic carbocycles. The maximum Gasteiger partial charge on any atom is 0.122 e. The smallest absolute Gasteiger partial charge is 0.122 e. The second kappa shape index (κ2) is 6.54. The van der Waals surface area contributed by atoms with Crippen molar-refractivity contribution < 1.29 is 4.74 Å². The van der Waals surface area contributed by atoms with Crippen molar-refractivity contribution in [2.45, 2.75) is 39.7 Å². The number of hydrogen-bond donors (Lipinski definition) is 1. The van der Waals surface area contributed by atoms with Crippen LogP contribution in [0, 0.1) is 13.8 Å². The lowest BCUT2D eigenvalue weighted by Gasteiger charge is -2.17. The molecule has 0 saturated carbocycles. The van der Waals surface area contributed by atoms with Crippen LogP contribution in [0.3, 0.4) is 0 Å². The van der Waals surface area contributed by atoms with Crippen LogP contribution in [-0.2, 0) is 0 Å². The molecule has 0 aliphatic heterocycles. The molecule has 16 heavy (non-hydrogen) atoms. The van der Waals surface area contributed by atoms with E-state index >= 15 is 0 Å². The molecule has 1 atom stereocenters. The normalized spacial score (nSPS) is 12.5. The molecule has 1 aromatic rings. The fourth-order valence-corrected chi connectivity index (χ4v) is 1.73. The molecule has 1 aromatic carbocycles. The lowest BCUT2D eigenvalue weighted by atomic mass is 10.1. The lowest BCUT2D eigenvalue weighted by Crippen LogP contribution is -2.31. The predicted molar refractivity (Wildman–Crippen MR) is 69.2 cm³/mol. The standard InChI is InChI=1S/C14H23NO/c1-5-7-13(15-4)10-16-14-9-6-8-11(2)12(14)3/h6,8-9,13,15H,5,7,10H2,1-4H3. The summed E-state index contributed by atoms with van der Waals surface area (Å²) in [5.74, 6) is 1.01. The van der Waals surface area contributed by atoms with Gasteiger partial charge in [-0.3, -0.25) is 0 Å². The second-order valence-corrected chi connectivity index (χ2v) is 4.28. The molecule has 0 bridgehead atoms. The number of benzene rings is 1. The van der Waals surface area contributed by atoms with E-state index in [-0.39, 0.29) is 0 Å². The Kier molecular flexibility index (Phi) is 5.33. The molecule has 0 radical (unpaired) electrons. The third-order valence-corrected chi connectivity index (χ3v) is 3.04. The molecule has 0 aliphatic rings. The third kappa shape index (κ3) is 3.53. The molecule has 0 heterocycles. The first-order chi connectivity index (χ1) is 7.69. The number of aryl methyl sites for hydroxylation is 1. The van der Waals surface area contributed by atoms with Gasteiger partial charge in [-0.15, -0.1) is 0 Å². The number of nitrogens with one attached hydrogen (secondary N) is 1. The summed E-state index contributed by atoms with van der Waals surface area (Å²) in [5, 5.41) is 3.28. The van der Waals surface area contributed by atoms with Gasteiger partial charge in [0.1, 0.15) is 12.4 Å². The molecule has 2 nitrogen and oxygen atoms in total. The van der Waals surface area contributed by atoms with E-state index in [2.05, 4.69) is 32.2 Å². The Labute approximate surface area is 99.0 Å². The molecule has 1 rings (SSSR count). The zero-order chi connectivity index (χ0) is 12.0. The summed E-state index contributed by atoms with van der Waals surface area (Å²) in [6.07, 6.45) is 2.34. The van der Waals surface area contributed by atoms with Crippen LogP contribution in [0.4, 0.5) is 0 Å². The molecule has 0 fully saturated rings. The highest BCUT2D eigenvalue weighted by molar-refractivity contribution is 5.38. The molecule has 0 aromatic heterocycles. The Morgan fingerprint density at radius 1 is 1.31 bits per heavy atom. The fourth-order valence-electron chi connectivity index (χ4n) is 1.73. The van der Waals surface area contributed by atoms with Crippen LogP contribution in [0.2, 0.25) is 0 Å². The number of likely N-dealkylation sites (N-methyl/N-ethyl adjacent to an activating group) is 1. The van der Waals surface area contributed by atoms with Crippen LogP contribution in [0.1, 0.15) is 30.9 Å². The summed E-state index contributed by atoms with van der Waals surface area (Å²) >= 11 is 0. The number of rotatable bonds is 6. The summed E-state index contributed by atoms with van der Waals surface area (Å²) in [7, 11) is 1.99. The summed E-state index contributed by atoms with van der Waals surface area (Å²) < 4.78 is 5.86. The minimum absolute atomic E-state index is 0.449. The van der Waals surface area contributed by atoms with Gasteiger partial charge in [0.25, 0.3) is 0 Å². The Balaban J connectivity index is 2.56. The zero-order valence-electron chi connectivity index (χ0n) is 10.8. The van der Waals surface area contributed by atoms with E-state index in [1.807, 2.05) is 19.2 Å². The molecule has 90 valence electrons. The van der Waals surface area contributed by atoms with Crippen molar-refractivity contribution in [3.8, 4) is 5.75 Å². The number of hydrogen-bond acceptors (Lipinski definition) is 2. The molecular weight excluding hydrogens is 198 g/mol. The zero-order valence-corrected chi connectivity index (χ0v) is 10.8. The van der Waals surface area contributed by atoms with E-state index in [4.69, 9.17) is 4.74 Å². The van der Waals surface area contributed by atoms with Crippen LogP contribution >= 0.6 is 0 Å². The molecule has 0 spiro atoms. The largest absolute Gasteiger partial charge is 0.492 e. The maximum atomic E-state index is 5.86. The van der Waals surface area contributed by atoms with Crippen LogP contribution in [0.5, 0.6) is 5.75 Å². The van der Waals surface area contributed by atoms with Gasteiger partial charge in [0, 0.05) is 6.04 Å². The van der Waals surface area contributed by atoms with Gasteiger partial charge in [-0.05, 0) is 44.5 Å². The van der Waals surface area contributed by atoms with Crippen molar-refractivity contribution in [2.24, 2.45) is 0 Å². The molecule has 0 amide bonds. The Morgan fingerprint density at radius 3 is 2.69 bits per heavy atom. The first-order valence-electron chi connectivity index (χ1n) is 6.05. The highest BCUT2D eigenvalue weighted by Crippen LogP contribution is 2.20. The first kappa shape index (κ1) is 13.0. The van der Waals surface area contributed by atoms with E-state index in [0.717, 1.165) is 18.8 Å². The summed E-state index contributed by atoms with van der Waals surface area (Å²) in [6, 6.07) is 6.65. The lowest BCUT2D eigenvalue weighted by molar-refractivity contribution is 0.261. The van der Waals surface area contributed by atoms with E-state index in [1.165, 1.54) is 17.5 Å². The average Bonchev–Trinajstić information content (AvgIpc) is 2.29. The van der Waals surface area contributed by atoms with Crippen molar-refractivity contribution in [1.82, 2.24) is 5.32 Å². The third-order valence-electron chi connectivity index (χ3n) is 3.04. The van der Waals surface area contributed by atoms with Crippen LogP contribution < -0.4 is 10.1 Å². The fraction of sp³-hybridized carbons (Fsp3) is 0.571. The molecule has 1 unspecified atom stereocenters. The quantitative estimate of drug-likeness (QED) is 0.797. The van der Waals surface area contributed by atoms with Gasteiger partial charge in [-0.2, -0.15) is 0 Å². The predicted octanol–water partition coefficient (Wildman–Crippen LogP) is 3.07. The van der Waals surface area contributed by atoms with Crippen molar-refractivity contribution in [1.29, 1.82) is 0 Å². The Morgan fingerprint density at radius 2 is 2.06 bits per heavy atom. The SMILES string of the molecule is CCCC(COc1cccc(C)c1C)NC. The van der Waals surface area contributed by atoms with Crippen LogP contribution in [0.25, 0.3) is 0 Å². The minimum Gasteiger partial charge on any atom is -0.492 e. The van der Waals surface area contributed by atoms with E-state index in [0.29, 0.717) is 6.04 Å². The van der Waals surface area contributed by atoms with Gasteiger partial charge < -0.3 is 10.1 Å². The van der Waals surface area contributed by atoms with Gasteiger partial charge in [-0.1, -0.05) is 25.5 Å². The molecular formula is C14H23NO. The van der Waals surface area contributed by atoms with Crippen molar-refractivity contribution >= 4 is 0 Å². The van der Waals surface area contributed by atoms with Crippen molar-refractivity contribution in [3.63, 3.8) is 0 Å². The molecule has 2 heteroatoms. The first-order valence-corrected chi connectivity index (χ1v) is 6.05. The Hall–Kier alpha value is -1.02. The van der Waals surface area contributed by atoms with Crippen molar-refractivity contribution in [2.75, 3.05) is 13.7 Å². The second-order valence-electron chi connectivity index (χ2n) is 4.28. The van der Waals surface area contributed by atoms with Gasteiger partial charge >= 0.3 is 0 Å². The van der Waals surface area contributed by atoms with Gasteiger partial charge in [0.05, 0.1) is 0 Å². The Bertz CT molecular complexity index is 323. The van der Waals surface area contributed by atoms with Crippen molar-refractivity contribution in [3.05, 3.63) is 29.3 Å². The van der Waals surface area contributed by atoms with Crippen LogP contribution in [-0.4, -0.2) is 19.7 Å². The summed E-state index contributed by atoms with van der Waals surface area (Å²) in [4.78, 5) is 0. The monoisotopic (exact) mass is 221 g/mol. The van der Waals surface area contributed by atoms with E-state index < -0.39 is 0 Å². The van der Waals surface area contributed by atoms with Crippen LogP contribution in [0.15, 0.2) is 18.2 Å². The maximum absolute atomic E-state index is 5.86. The van der Waals surface area contributed by atoms with E-state index in [1.54, 1.807) is 0 Å². The highest BCUT2D eigenvalue weighted by atomic mass is 16.5.